The quantitative estimate of drug-likeness (QED) is 0.867. The van der Waals surface area contributed by atoms with E-state index in [-0.39, 0.29) is 12.1 Å². The van der Waals surface area contributed by atoms with Crippen molar-refractivity contribution in [3.05, 3.63) is 35.1 Å². The highest BCUT2D eigenvalue weighted by Crippen LogP contribution is 2.31. The van der Waals surface area contributed by atoms with E-state index in [4.69, 9.17) is 5.11 Å². The number of nitrogens with zero attached hydrogens (tertiary/aromatic N) is 1. The normalized spacial score (nSPS) is 12.8. The van der Waals surface area contributed by atoms with Gasteiger partial charge in [0, 0.05) is 6.54 Å². The van der Waals surface area contributed by atoms with Gasteiger partial charge in [-0.2, -0.15) is 13.2 Å². The molecule has 7 heteroatoms. The standard InChI is InChI=1S/C13H15F4NO2/c1-12(2,11(19)20)18(3)7-8-4-9(13(15,16)17)6-10(14)5-8/h4-6H,7H2,1-3H3,(H,19,20). The third-order valence-corrected chi connectivity index (χ3v) is 3.18. The van der Waals surface area contributed by atoms with Gasteiger partial charge < -0.3 is 5.11 Å². The summed E-state index contributed by atoms with van der Waals surface area (Å²) < 4.78 is 50.9. The summed E-state index contributed by atoms with van der Waals surface area (Å²) in [5.74, 6) is -2.12. The molecule has 1 aromatic rings. The maximum Gasteiger partial charge on any atom is 0.416 e. The first-order valence-corrected chi connectivity index (χ1v) is 5.76. The van der Waals surface area contributed by atoms with E-state index in [1.54, 1.807) is 0 Å². The summed E-state index contributed by atoms with van der Waals surface area (Å²) in [4.78, 5) is 12.4. The van der Waals surface area contributed by atoms with E-state index < -0.39 is 29.1 Å². The van der Waals surface area contributed by atoms with Crippen LogP contribution in [0.15, 0.2) is 18.2 Å². The molecule has 0 unspecified atom stereocenters. The summed E-state index contributed by atoms with van der Waals surface area (Å²) in [6, 6.07) is 2.19. The Balaban J connectivity index is 3.05. The fourth-order valence-electron chi connectivity index (χ4n) is 1.54. The van der Waals surface area contributed by atoms with Crippen molar-refractivity contribution in [2.75, 3.05) is 7.05 Å². The highest BCUT2D eigenvalue weighted by atomic mass is 19.4. The molecule has 0 aliphatic carbocycles. The van der Waals surface area contributed by atoms with Crippen molar-refractivity contribution >= 4 is 5.97 Å². The molecule has 0 saturated carbocycles. The van der Waals surface area contributed by atoms with Crippen molar-refractivity contribution in [2.45, 2.75) is 32.1 Å². The molecule has 1 aromatic carbocycles. The van der Waals surface area contributed by atoms with Crippen molar-refractivity contribution in [1.29, 1.82) is 0 Å². The van der Waals surface area contributed by atoms with Crippen molar-refractivity contribution in [1.82, 2.24) is 4.90 Å². The zero-order valence-electron chi connectivity index (χ0n) is 11.3. The van der Waals surface area contributed by atoms with Crippen LogP contribution in [-0.4, -0.2) is 28.6 Å². The highest BCUT2D eigenvalue weighted by molar-refractivity contribution is 5.77. The first-order valence-electron chi connectivity index (χ1n) is 5.76. The zero-order valence-corrected chi connectivity index (χ0v) is 11.3. The molecule has 0 aromatic heterocycles. The lowest BCUT2D eigenvalue weighted by molar-refractivity contribution is -0.149. The molecule has 20 heavy (non-hydrogen) atoms. The third-order valence-electron chi connectivity index (χ3n) is 3.18. The van der Waals surface area contributed by atoms with E-state index in [0.717, 1.165) is 12.1 Å². The van der Waals surface area contributed by atoms with E-state index in [0.29, 0.717) is 6.07 Å². The summed E-state index contributed by atoms with van der Waals surface area (Å²) in [5, 5.41) is 9.03. The molecule has 3 nitrogen and oxygen atoms in total. The Labute approximate surface area is 113 Å². The molecule has 112 valence electrons. The summed E-state index contributed by atoms with van der Waals surface area (Å²) in [5.41, 5.74) is -2.30. The Morgan fingerprint density at radius 2 is 1.80 bits per heavy atom. The second-order valence-corrected chi connectivity index (χ2v) is 5.07. The first-order chi connectivity index (χ1) is 8.94. The van der Waals surface area contributed by atoms with Gasteiger partial charge in [-0.15, -0.1) is 0 Å². The molecular weight excluding hydrogens is 278 g/mol. The molecule has 0 spiro atoms. The van der Waals surface area contributed by atoms with Crippen molar-refractivity contribution in [3.8, 4) is 0 Å². The minimum atomic E-state index is -4.64. The topological polar surface area (TPSA) is 40.5 Å². The van der Waals surface area contributed by atoms with Crippen molar-refractivity contribution < 1.29 is 27.5 Å². The number of hydrogen-bond acceptors (Lipinski definition) is 2. The first kappa shape index (κ1) is 16.4. The Morgan fingerprint density at radius 1 is 1.25 bits per heavy atom. The van der Waals surface area contributed by atoms with E-state index in [1.807, 2.05) is 0 Å². The van der Waals surface area contributed by atoms with Crippen LogP contribution in [0.5, 0.6) is 0 Å². The SMILES string of the molecule is CN(Cc1cc(F)cc(C(F)(F)F)c1)C(C)(C)C(=O)O. The smallest absolute Gasteiger partial charge is 0.416 e. The summed E-state index contributed by atoms with van der Waals surface area (Å²) in [6.45, 7) is 2.72. The van der Waals surface area contributed by atoms with Crippen LogP contribution in [0.3, 0.4) is 0 Å². The monoisotopic (exact) mass is 293 g/mol. The Hall–Kier alpha value is -1.63. The number of benzene rings is 1. The Bertz CT molecular complexity index is 512. The van der Waals surface area contributed by atoms with Gasteiger partial charge in [0.2, 0.25) is 0 Å². The molecule has 0 radical (unpaired) electrons. The summed E-state index contributed by atoms with van der Waals surface area (Å²) in [6.07, 6.45) is -4.64. The van der Waals surface area contributed by atoms with Gasteiger partial charge in [0.1, 0.15) is 11.4 Å². The lowest BCUT2D eigenvalue weighted by Crippen LogP contribution is -2.47. The van der Waals surface area contributed by atoms with E-state index in [1.165, 1.54) is 25.8 Å². The second-order valence-electron chi connectivity index (χ2n) is 5.07. The number of aliphatic carboxylic acids is 1. The molecule has 0 amide bonds. The number of carboxylic acids is 1. The minimum Gasteiger partial charge on any atom is -0.480 e. The van der Waals surface area contributed by atoms with Gasteiger partial charge in [0.25, 0.3) is 0 Å². The van der Waals surface area contributed by atoms with Gasteiger partial charge in [-0.25, -0.2) is 4.39 Å². The fourth-order valence-corrected chi connectivity index (χ4v) is 1.54. The largest absolute Gasteiger partial charge is 0.480 e. The number of alkyl halides is 3. The molecule has 1 rings (SSSR count). The van der Waals surface area contributed by atoms with Gasteiger partial charge in [0.15, 0.2) is 0 Å². The lowest BCUT2D eigenvalue weighted by Gasteiger charge is -2.31. The molecule has 0 saturated heterocycles. The molecule has 1 N–H and O–H groups in total. The maximum atomic E-state index is 13.2. The molecular formula is C13H15F4NO2. The predicted molar refractivity (Wildman–Crippen MR) is 64.6 cm³/mol. The van der Waals surface area contributed by atoms with Crippen LogP contribution >= 0.6 is 0 Å². The number of carbonyl (C=O) groups is 1. The lowest BCUT2D eigenvalue weighted by atomic mass is 10.0. The number of likely N-dealkylation sites (N-methyl/N-ethyl adjacent to an activating group) is 1. The average Bonchev–Trinajstić information content (AvgIpc) is 2.26. The molecule has 0 atom stereocenters. The molecule has 0 aliphatic heterocycles. The van der Waals surface area contributed by atoms with Crippen LogP contribution in [0, 0.1) is 5.82 Å². The number of halogens is 4. The van der Waals surface area contributed by atoms with E-state index in [9.17, 15) is 22.4 Å². The van der Waals surface area contributed by atoms with Gasteiger partial charge in [-0.1, -0.05) is 0 Å². The molecule has 0 heterocycles. The Morgan fingerprint density at radius 3 is 2.25 bits per heavy atom. The van der Waals surface area contributed by atoms with Gasteiger partial charge in [-0.3, -0.25) is 9.69 Å². The summed E-state index contributed by atoms with van der Waals surface area (Å²) >= 11 is 0. The number of hydrogen-bond donors (Lipinski definition) is 1. The molecule has 0 bridgehead atoms. The van der Waals surface area contributed by atoms with Crippen LogP contribution in [0.25, 0.3) is 0 Å². The highest BCUT2D eigenvalue weighted by Gasteiger charge is 2.34. The predicted octanol–water partition coefficient (Wildman–Crippen LogP) is 3.14. The number of rotatable bonds is 4. The average molecular weight is 293 g/mol. The zero-order chi connectivity index (χ0) is 15.7. The van der Waals surface area contributed by atoms with Gasteiger partial charge in [0.05, 0.1) is 5.56 Å². The maximum absolute atomic E-state index is 13.2. The fraction of sp³-hybridized carbons (Fsp3) is 0.462. The summed E-state index contributed by atoms with van der Waals surface area (Å²) in [7, 11) is 1.45. The van der Waals surface area contributed by atoms with Crippen LogP contribution in [0.1, 0.15) is 25.0 Å². The van der Waals surface area contributed by atoms with Crippen LogP contribution in [0.4, 0.5) is 17.6 Å². The Kier molecular flexibility index (Phi) is 4.43. The van der Waals surface area contributed by atoms with Gasteiger partial charge >= 0.3 is 12.1 Å². The second kappa shape index (κ2) is 5.40. The van der Waals surface area contributed by atoms with E-state index >= 15 is 0 Å². The minimum absolute atomic E-state index is 0.0640. The van der Waals surface area contributed by atoms with Crippen LogP contribution in [0.2, 0.25) is 0 Å². The van der Waals surface area contributed by atoms with E-state index in [2.05, 4.69) is 0 Å². The third kappa shape index (κ3) is 3.69. The molecule has 0 fully saturated rings. The van der Waals surface area contributed by atoms with Crippen molar-refractivity contribution in [3.63, 3.8) is 0 Å². The molecule has 0 aliphatic rings. The van der Waals surface area contributed by atoms with Crippen molar-refractivity contribution in [2.24, 2.45) is 0 Å². The van der Waals surface area contributed by atoms with Gasteiger partial charge in [-0.05, 0) is 44.7 Å². The van der Waals surface area contributed by atoms with Crippen LogP contribution < -0.4 is 0 Å². The number of carboxylic acid groups (broad SMARTS) is 1. The van der Waals surface area contributed by atoms with Crippen LogP contribution in [-0.2, 0) is 17.5 Å².